The van der Waals surface area contributed by atoms with Gasteiger partial charge in [0.15, 0.2) is 0 Å². The molecule has 2 aromatic carbocycles. The van der Waals surface area contributed by atoms with Crippen LogP contribution in [0.2, 0.25) is 5.15 Å². The summed E-state index contributed by atoms with van der Waals surface area (Å²) in [6.07, 6.45) is 0. The lowest BCUT2D eigenvalue weighted by atomic mass is 10.1. The lowest BCUT2D eigenvalue weighted by Crippen LogP contribution is -2.36. The van der Waals surface area contributed by atoms with Gasteiger partial charge in [-0.1, -0.05) is 35.9 Å². The van der Waals surface area contributed by atoms with Gasteiger partial charge >= 0.3 is 0 Å². The van der Waals surface area contributed by atoms with Gasteiger partial charge in [-0.25, -0.2) is 4.98 Å². The van der Waals surface area contributed by atoms with Crippen molar-refractivity contribution in [3.05, 3.63) is 70.9 Å². The van der Waals surface area contributed by atoms with Crippen LogP contribution in [0.3, 0.4) is 0 Å². The number of nitrogens with two attached hydrogens (primary N) is 1. The van der Waals surface area contributed by atoms with Crippen LogP contribution in [0.4, 0.5) is 23.1 Å². The average Bonchev–Trinajstić information content (AvgIpc) is 2.80. The highest BCUT2D eigenvalue weighted by Crippen LogP contribution is 2.20. The fourth-order valence-corrected chi connectivity index (χ4v) is 3.38. The van der Waals surface area contributed by atoms with Crippen LogP contribution in [-0.4, -0.2) is 42.2 Å². The second kappa shape index (κ2) is 9.63. The Hall–Kier alpha value is -3.36. The summed E-state index contributed by atoms with van der Waals surface area (Å²) in [6, 6.07) is 16.2. The number of halogens is 1. The molecule has 0 bridgehead atoms. The number of nitrogens with one attached hydrogen (secondary N) is 2. The second-order valence-corrected chi connectivity index (χ2v) is 7.45. The number of benzene rings is 2. The number of nitrogen functional groups attached to an aromatic ring is 1. The molecule has 1 aliphatic rings. The first-order valence-electron chi connectivity index (χ1n) is 9.94. The van der Waals surface area contributed by atoms with Crippen molar-refractivity contribution in [2.75, 3.05) is 47.6 Å². The predicted molar refractivity (Wildman–Crippen MR) is 123 cm³/mol. The summed E-state index contributed by atoms with van der Waals surface area (Å²) < 4.78 is 5.38. The van der Waals surface area contributed by atoms with Crippen LogP contribution < -0.4 is 21.3 Å². The van der Waals surface area contributed by atoms with Gasteiger partial charge in [-0.2, -0.15) is 4.98 Å². The van der Waals surface area contributed by atoms with E-state index < -0.39 is 0 Å². The summed E-state index contributed by atoms with van der Waals surface area (Å²) in [5.74, 6) is 1.01. The van der Waals surface area contributed by atoms with Crippen LogP contribution in [0.25, 0.3) is 0 Å². The zero-order valence-corrected chi connectivity index (χ0v) is 17.6. The number of para-hydroxylation sites is 2. The molecule has 160 valence electrons. The second-order valence-electron chi connectivity index (χ2n) is 7.06. The van der Waals surface area contributed by atoms with Gasteiger partial charge in [-0.15, -0.1) is 0 Å². The van der Waals surface area contributed by atoms with Crippen molar-refractivity contribution in [1.82, 2.24) is 9.97 Å². The Labute approximate surface area is 185 Å². The number of anilines is 4. The lowest BCUT2D eigenvalue weighted by molar-refractivity contribution is 0.102. The van der Waals surface area contributed by atoms with Crippen molar-refractivity contribution in [2.24, 2.45) is 0 Å². The van der Waals surface area contributed by atoms with Gasteiger partial charge in [0.05, 0.1) is 24.6 Å². The summed E-state index contributed by atoms with van der Waals surface area (Å²) >= 11 is 6.18. The van der Waals surface area contributed by atoms with E-state index in [4.69, 9.17) is 22.1 Å². The normalized spacial score (nSPS) is 13.6. The SMILES string of the molecule is Nc1ccccc1NC(=O)c1ccc(CNc2nc(Cl)cc(N3CCOCC3)n2)cc1. The van der Waals surface area contributed by atoms with Gasteiger partial charge in [0.1, 0.15) is 11.0 Å². The minimum atomic E-state index is -0.217. The topological polar surface area (TPSA) is 105 Å². The maximum atomic E-state index is 12.5. The van der Waals surface area contributed by atoms with Crippen LogP contribution in [0.15, 0.2) is 54.6 Å². The summed E-state index contributed by atoms with van der Waals surface area (Å²) in [6.45, 7) is 3.37. The number of carbonyl (C=O) groups excluding carboxylic acids is 1. The summed E-state index contributed by atoms with van der Waals surface area (Å²) in [7, 11) is 0. The molecule has 3 aromatic rings. The Bertz CT molecular complexity index is 1050. The number of carbonyl (C=O) groups is 1. The van der Waals surface area contributed by atoms with Crippen molar-refractivity contribution >= 4 is 40.6 Å². The third kappa shape index (κ3) is 5.42. The van der Waals surface area contributed by atoms with Crippen molar-refractivity contribution < 1.29 is 9.53 Å². The monoisotopic (exact) mass is 438 g/mol. The Morgan fingerprint density at radius 2 is 1.84 bits per heavy atom. The van der Waals surface area contributed by atoms with E-state index in [1.807, 2.05) is 24.3 Å². The first-order chi connectivity index (χ1) is 15.1. The molecule has 2 heterocycles. The highest BCUT2D eigenvalue weighted by molar-refractivity contribution is 6.29. The van der Waals surface area contributed by atoms with Crippen LogP contribution >= 0.6 is 11.6 Å². The zero-order valence-electron chi connectivity index (χ0n) is 16.8. The number of hydrogen-bond donors (Lipinski definition) is 3. The molecule has 0 aliphatic carbocycles. The lowest BCUT2D eigenvalue weighted by Gasteiger charge is -2.28. The van der Waals surface area contributed by atoms with Gasteiger partial charge in [-0.05, 0) is 29.8 Å². The van der Waals surface area contributed by atoms with E-state index in [0.29, 0.717) is 47.8 Å². The molecule has 8 nitrogen and oxygen atoms in total. The van der Waals surface area contributed by atoms with E-state index in [1.54, 1.807) is 30.3 Å². The molecule has 1 amide bonds. The van der Waals surface area contributed by atoms with E-state index in [2.05, 4.69) is 25.5 Å². The van der Waals surface area contributed by atoms with E-state index >= 15 is 0 Å². The number of morpholine rings is 1. The maximum absolute atomic E-state index is 12.5. The van der Waals surface area contributed by atoms with E-state index in [0.717, 1.165) is 24.5 Å². The van der Waals surface area contributed by atoms with Gasteiger partial charge in [0.25, 0.3) is 5.91 Å². The molecule has 1 saturated heterocycles. The molecule has 0 saturated carbocycles. The smallest absolute Gasteiger partial charge is 0.255 e. The molecule has 1 aromatic heterocycles. The number of aromatic nitrogens is 2. The number of nitrogens with zero attached hydrogens (tertiary/aromatic N) is 3. The van der Waals surface area contributed by atoms with Crippen LogP contribution in [0, 0.1) is 0 Å². The Morgan fingerprint density at radius 1 is 1.10 bits per heavy atom. The molecule has 1 aliphatic heterocycles. The van der Waals surface area contributed by atoms with Gasteiger partial charge in [0, 0.05) is 31.3 Å². The Morgan fingerprint density at radius 3 is 2.58 bits per heavy atom. The molecule has 31 heavy (non-hydrogen) atoms. The summed E-state index contributed by atoms with van der Waals surface area (Å²) in [5, 5.41) is 6.40. The Kier molecular flexibility index (Phi) is 6.49. The first kappa shape index (κ1) is 20.9. The largest absolute Gasteiger partial charge is 0.397 e. The number of rotatable bonds is 6. The quantitative estimate of drug-likeness (QED) is 0.400. The third-order valence-corrected chi connectivity index (χ3v) is 5.09. The van der Waals surface area contributed by atoms with E-state index in [9.17, 15) is 4.79 Å². The first-order valence-corrected chi connectivity index (χ1v) is 10.3. The molecule has 1 fully saturated rings. The van der Waals surface area contributed by atoms with E-state index in [1.165, 1.54) is 0 Å². The molecule has 9 heteroatoms. The highest BCUT2D eigenvalue weighted by atomic mass is 35.5. The molecule has 0 atom stereocenters. The van der Waals surface area contributed by atoms with Crippen molar-refractivity contribution in [3.8, 4) is 0 Å². The average molecular weight is 439 g/mol. The Balaban J connectivity index is 1.38. The minimum absolute atomic E-state index is 0.217. The molecule has 0 spiro atoms. The number of amides is 1. The molecule has 4 N–H and O–H groups in total. The number of hydrogen-bond acceptors (Lipinski definition) is 7. The van der Waals surface area contributed by atoms with Gasteiger partial charge < -0.3 is 26.0 Å². The molecular formula is C22H23ClN6O2. The fraction of sp³-hybridized carbons (Fsp3) is 0.227. The summed E-state index contributed by atoms with van der Waals surface area (Å²) in [5.41, 5.74) is 8.52. The van der Waals surface area contributed by atoms with Crippen LogP contribution in [-0.2, 0) is 11.3 Å². The van der Waals surface area contributed by atoms with Crippen LogP contribution in [0.5, 0.6) is 0 Å². The van der Waals surface area contributed by atoms with E-state index in [-0.39, 0.29) is 5.91 Å². The summed E-state index contributed by atoms with van der Waals surface area (Å²) in [4.78, 5) is 23.4. The fourth-order valence-electron chi connectivity index (χ4n) is 3.20. The molecule has 4 rings (SSSR count). The van der Waals surface area contributed by atoms with Gasteiger partial charge in [-0.3, -0.25) is 4.79 Å². The van der Waals surface area contributed by atoms with Crippen LogP contribution in [0.1, 0.15) is 15.9 Å². The predicted octanol–water partition coefficient (Wildman–Crippen LogP) is 3.41. The molecule has 0 radical (unpaired) electrons. The standard InChI is InChI=1S/C22H23ClN6O2/c23-19-13-20(29-9-11-31-12-10-29)28-22(27-19)25-14-15-5-7-16(8-6-15)21(30)26-18-4-2-1-3-17(18)24/h1-8,13H,9-12,14,24H2,(H,26,30)(H,25,27,28). The molecule has 0 unspecified atom stereocenters. The third-order valence-electron chi connectivity index (χ3n) is 4.89. The van der Waals surface area contributed by atoms with Crippen molar-refractivity contribution in [1.29, 1.82) is 0 Å². The van der Waals surface area contributed by atoms with Crippen molar-refractivity contribution in [3.63, 3.8) is 0 Å². The molecular weight excluding hydrogens is 416 g/mol. The van der Waals surface area contributed by atoms with Crippen molar-refractivity contribution in [2.45, 2.75) is 6.54 Å². The zero-order chi connectivity index (χ0) is 21.6. The highest BCUT2D eigenvalue weighted by Gasteiger charge is 2.14. The minimum Gasteiger partial charge on any atom is -0.397 e. The van der Waals surface area contributed by atoms with Gasteiger partial charge in [0.2, 0.25) is 5.95 Å². The maximum Gasteiger partial charge on any atom is 0.255 e. The number of ether oxygens (including phenoxy) is 1.